The van der Waals surface area contributed by atoms with Crippen LogP contribution in [0.4, 0.5) is 0 Å². The fourth-order valence-electron chi connectivity index (χ4n) is 0.167. The third kappa shape index (κ3) is 56.1. The Labute approximate surface area is 124 Å². The first-order valence-corrected chi connectivity index (χ1v) is 4.94. The minimum absolute atomic E-state index is 0. The van der Waals surface area contributed by atoms with Crippen LogP contribution >= 0.6 is 0 Å². The number of aliphatic hydroxyl groups excluding tert-OH is 1. The monoisotopic (exact) mass is 251 g/mol. The number of hydrogen-bond acceptors (Lipinski definition) is 6. The van der Waals surface area contributed by atoms with E-state index < -0.39 is 13.6 Å². The summed E-state index contributed by atoms with van der Waals surface area (Å²) in [5.74, 6) is 0. The topological polar surface area (TPSA) is 127 Å². The van der Waals surface area contributed by atoms with Crippen LogP contribution in [0.2, 0.25) is 0 Å². The first-order chi connectivity index (χ1) is 4.81. The van der Waals surface area contributed by atoms with Gasteiger partial charge in [-0.25, -0.2) is 0 Å². The molecule has 0 saturated carbocycles. The molecular weight excluding hydrogens is 240 g/mol. The molecule has 0 aliphatic carbocycles. The number of hydrogen-bond donors (Lipinski definition) is 2. The molecule has 0 fully saturated rings. The van der Waals surface area contributed by atoms with Crippen LogP contribution in [0, 0.1) is 0 Å². The standard InChI is InChI=1S/C4H11NO.Cr.2Na.4O/c1-2-4(6)3-5;;;;;;;/h4,6H,2-3,5H2,1H3;;;;;;;/q;;2*+1;;;2*-1. The summed E-state index contributed by atoms with van der Waals surface area (Å²) in [4.78, 5) is 0. The van der Waals surface area contributed by atoms with E-state index in [1.165, 1.54) is 0 Å². The summed E-state index contributed by atoms with van der Waals surface area (Å²) in [5.41, 5.74) is 5.03. The van der Waals surface area contributed by atoms with Crippen LogP contribution in [0.25, 0.3) is 0 Å². The van der Waals surface area contributed by atoms with Crippen molar-refractivity contribution in [3.8, 4) is 0 Å². The van der Waals surface area contributed by atoms with E-state index in [0.29, 0.717) is 6.54 Å². The van der Waals surface area contributed by atoms with Crippen molar-refractivity contribution in [1.29, 1.82) is 0 Å². The quantitative estimate of drug-likeness (QED) is 0.469. The van der Waals surface area contributed by atoms with Gasteiger partial charge in [0.05, 0.1) is 6.10 Å². The average Bonchev–Trinajstić information content (AvgIpc) is 1.83. The van der Waals surface area contributed by atoms with E-state index in [1.54, 1.807) is 0 Å². The molecule has 0 radical (unpaired) electrons. The van der Waals surface area contributed by atoms with Gasteiger partial charge in [0, 0.05) is 6.54 Å². The summed E-state index contributed by atoms with van der Waals surface area (Å²) in [6, 6.07) is 0. The normalized spacial score (nSPS) is 11.2. The third-order valence-electron chi connectivity index (χ3n) is 0.743. The van der Waals surface area contributed by atoms with Crippen molar-refractivity contribution in [3.63, 3.8) is 0 Å². The van der Waals surface area contributed by atoms with Crippen LogP contribution in [0.5, 0.6) is 0 Å². The Balaban J connectivity index is -0.0000000546. The fraction of sp³-hybridized carbons (Fsp3) is 1.00. The van der Waals surface area contributed by atoms with Crippen molar-refractivity contribution < 1.29 is 93.8 Å². The van der Waals surface area contributed by atoms with E-state index in [1.807, 2.05) is 6.92 Å². The molecular formula is C4H11CrNNa2O5. The van der Waals surface area contributed by atoms with Crippen LogP contribution in [0.1, 0.15) is 13.3 Å². The summed E-state index contributed by atoms with van der Waals surface area (Å²) in [6.45, 7) is 2.29. The summed E-state index contributed by atoms with van der Waals surface area (Å²) in [7, 11) is 0. The molecule has 0 heterocycles. The molecule has 1 unspecified atom stereocenters. The predicted octanol–water partition coefficient (Wildman–Crippen LogP) is -8.89. The van der Waals surface area contributed by atoms with Crippen LogP contribution in [-0.2, 0) is 21.2 Å². The third-order valence-corrected chi connectivity index (χ3v) is 0.743. The van der Waals surface area contributed by atoms with E-state index in [9.17, 15) is 0 Å². The van der Waals surface area contributed by atoms with E-state index in [0.717, 1.165) is 6.42 Å². The minimum atomic E-state index is -5.75. The maximum absolute atomic E-state index is 8.59. The zero-order valence-corrected chi connectivity index (χ0v) is 13.3. The van der Waals surface area contributed by atoms with Gasteiger partial charge < -0.3 is 10.8 Å². The molecule has 0 spiro atoms. The van der Waals surface area contributed by atoms with Crippen LogP contribution in [0.15, 0.2) is 0 Å². The van der Waals surface area contributed by atoms with Crippen molar-refractivity contribution >= 4 is 0 Å². The van der Waals surface area contributed by atoms with Gasteiger partial charge in [0.15, 0.2) is 0 Å². The van der Waals surface area contributed by atoms with E-state index in [4.69, 9.17) is 26.8 Å². The van der Waals surface area contributed by atoms with Gasteiger partial charge in [0.25, 0.3) is 0 Å². The Morgan fingerprint density at radius 1 is 1.38 bits per heavy atom. The molecule has 0 bridgehead atoms. The van der Waals surface area contributed by atoms with Crippen LogP contribution in [0.3, 0.4) is 0 Å². The molecule has 3 N–H and O–H groups in total. The van der Waals surface area contributed by atoms with Gasteiger partial charge >= 0.3 is 88.7 Å². The molecule has 0 aliphatic heterocycles. The van der Waals surface area contributed by atoms with Crippen molar-refractivity contribution in [2.75, 3.05) is 6.54 Å². The van der Waals surface area contributed by atoms with Gasteiger partial charge in [-0.05, 0) is 6.42 Å². The first-order valence-electron chi connectivity index (χ1n) is 2.86. The molecule has 0 rings (SSSR count). The molecule has 1 atom stereocenters. The SMILES string of the molecule is CCC(O)CN.[Na+].[Na+].[O]=[Cr](=[O])([O-])[O-]. The zero-order chi connectivity index (χ0) is 9.49. The maximum atomic E-state index is 8.59. The molecule has 13 heavy (non-hydrogen) atoms. The molecule has 0 saturated heterocycles. The summed E-state index contributed by atoms with van der Waals surface area (Å²) < 4.78 is 34.4. The fourth-order valence-corrected chi connectivity index (χ4v) is 0.167. The molecule has 0 aromatic rings. The molecule has 0 aliphatic rings. The second-order valence-corrected chi connectivity index (χ2v) is 2.98. The molecule has 9 heteroatoms. The van der Waals surface area contributed by atoms with Crippen molar-refractivity contribution in [3.05, 3.63) is 0 Å². The van der Waals surface area contributed by atoms with Gasteiger partial charge in [0.2, 0.25) is 0 Å². The summed E-state index contributed by atoms with van der Waals surface area (Å²) in [6.07, 6.45) is 0.473. The molecule has 6 nitrogen and oxygen atoms in total. The second kappa shape index (κ2) is 14.0. The van der Waals surface area contributed by atoms with Crippen LogP contribution in [-0.4, -0.2) is 17.8 Å². The van der Waals surface area contributed by atoms with Gasteiger partial charge in [-0.3, -0.25) is 0 Å². The van der Waals surface area contributed by atoms with Crippen molar-refractivity contribution in [2.45, 2.75) is 19.4 Å². The summed E-state index contributed by atoms with van der Waals surface area (Å²) >= 11 is -5.75. The predicted molar refractivity (Wildman–Crippen MR) is 26.7 cm³/mol. The Hall–Kier alpha value is 1.97. The average molecular weight is 251 g/mol. The number of nitrogens with two attached hydrogens (primary N) is 1. The van der Waals surface area contributed by atoms with E-state index in [2.05, 4.69) is 0 Å². The Bertz CT molecular complexity index is 161. The van der Waals surface area contributed by atoms with Crippen molar-refractivity contribution in [1.82, 2.24) is 0 Å². The Morgan fingerprint density at radius 3 is 1.62 bits per heavy atom. The van der Waals surface area contributed by atoms with E-state index in [-0.39, 0.29) is 65.2 Å². The van der Waals surface area contributed by atoms with Gasteiger partial charge in [-0.2, -0.15) is 0 Å². The molecule has 0 amide bonds. The van der Waals surface area contributed by atoms with Gasteiger partial charge in [-0.15, -0.1) is 0 Å². The Kier molecular flexibility index (Phi) is 26.1. The number of rotatable bonds is 2. The van der Waals surface area contributed by atoms with E-state index >= 15 is 0 Å². The van der Waals surface area contributed by atoms with Crippen LogP contribution < -0.4 is 73.2 Å². The van der Waals surface area contributed by atoms with Gasteiger partial charge in [0.1, 0.15) is 0 Å². The van der Waals surface area contributed by atoms with Crippen molar-refractivity contribution in [2.24, 2.45) is 5.73 Å². The van der Waals surface area contributed by atoms with Gasteiger partial charge in [-0.1, -0.05) is 6.92 Å². The molecule has 0 aromatic heterocycles. The second-order valence-electron chi connectivity index (χ2n) is 1.71. The molecule has 0 aromatic carbocycles. The summed E-state index contributed by atoms with van der Waals surface area (Å²) in [5, 5.41) is 8.54. The zero-order valence-electron chi connectivity index (χ0n) is 8.06. The number of aliphatic hydroxyl groups is 1. The molecule has 70 valence electrons. The first kappa shape index (κ1) is 24.3. The Morgan fingerprint density at radius 2 is 1.62 bits per heavy atom.